The molecule has 0 aliphatic carbocycles. The third-order valence-electron chi connectivity index (χ3n) is 4.48. The van der Waals surface area contributed by atoms with Crippen LogP contribution in [0.15, 0.2) is 60.9 Å². The van der Waals surface area contributed by atoms with Gasteiger partial charge in [0.25, 0.3) is 0 Å². The topological polar surface area (TPSA) is 35.8 Å². The van der Waals surface area contributed by atoms with E-state index in [1.807, 2.05) is 72.2 Å². The third kappa shape index (κ3) is 3.71. The van der Waals surface area contributed by atoms with Gasteiger partial charge in [-0.25, -0.2) is 4.98 Å². The number of hydrogen-bond acceptors (Lipinski definition) is 3. The Morgan fingerprint density at radius 3 is 2.57 bits per heavy atom. The zero-order chi connectivity index (χ0) is 19.7. The molecular weight excluding hydrogens is 371 g/mol. The Labute approximate surface area is 170 Å². The number of rotatable bonds is 5. The SMILES string of the molecule is [B]c1cc(C)cn2cc(-c3ccc(OCc4ccc(Cl)cc4)c(OC)c3)nc12. The van der Waals surface area contributed by atoms with Crippen LogP contribution in [0, 0.1) is 6.92 Å². The second kappa shape index (κ2) is 7.60. The van der Waals surface area contributed by atoms with Crippen molar-refractivity contribution in [2.75, 3.05) is 7.11 Å². The van der Waals surface area contributed by atoms with E-state index in [9.17, 15) is 0 Å². The summed E-state index contributed by atoms with van der Waals surface area (Å²) in [5.74, 6) is 1.31. The normalized spacial score (nSPS) is 11.0. The molecule has 2 aromatic carbocycles. The van der Waals surface area contributed by atoms with Crippen LogP contribution in [0.4, 0.5) is 0 Å². The zero-order valence-corrected chi connectivity index (χ0v) is 16.4. The molecule has 0 aliphatic rings. The lowest BCUT2D eigenvalue weighted by Gasteiger charge is -2.12. The maximum Gasteiger partial charge on any atom is 0.161 e. The van der Waals surface area contributed by atoms with Crippen molar-refractivity contribution in [1.29, 1.82) is 0 Å². The van der Waals surface area contributed by atoms with E-state index in [0.717, 1.165) is 28.0 Å². The number of fused-ring (bicyclic) bond motifs is 1. The summed E-state index contributed by atoms with van der Waals surface area (Å²) in [6.45, 7) is 2.43. The van der Waals surface area contributed by atoms with Gasteiger partial charge < -0.3 is 13.9 Å². The predicted octanol–water partition coefficient (Wildman–Crippen LogP) is 4.34. The van der Waals surface area contributed by atoms with E-state index >= 15 is 0 Å². The largest absolute Gasteiger partial charge is 0.493 e. The van der Waals surface area contributed by atoms with Crippen LogP contribution >= 0.6 is 11.6 Å². The van der Waals surface area contributed by atoms with E-state index in [4.69, 9.17) is 28.9 Å². The highest BCUT2D eigenvalue weighted by Crippen LogP contribution is 2.33. The van der Waals surface area contributed by atoms with Gasteiger partial charge in [-0.15, -0.1) is 0 Å². The van der Waals surface area contributed by atoms with Crippen LogP contribution in [-0.2, 0) is 6.61 Å². The number of benzene rings is 2. The standard InChI is InChI=1S/C22H18BClN2O2/c1-14-9-18(23)22-25-19(12-26(22)11-14)16-5-8-20(21(10-16)27-2)28-13-15-3-6-17(24)7-4-15/h3-12H,13H2,1-2H3. The Balaban J connectivity index is 1.61. The average Bonchev–Trinajstić information content (AvgIpc) is 3.12. The number of imidazole rings is 1. The van der Waals surface area contributed by atoms with Gasteiger partial charge in [0, 0.05) is 23.0 Å². The number of halogens is 1. The molecule has 28 heavy (non-hydrogen) atoms. The maximum atomic E-state index is 6.10. The van der Waals surface area contributed by atoms with E-state index in [1.165, 1.54) is 0 Å². The molecular formula is C22H18BClN2O2. The maximum absolute atomic E-state index is 6.10. The van der Waals surface area contributed by atoms with Gasteiger partial charge in [-0.3, -0.25) is 0 Å². The molecule has 138 valence electrons. The van der Waals surface area contributed by atoms with Gasteiger partial charge in [0.1, 0.15) is 20.1 Å². The first-order valence-corrected chi connectivity index (χ1v) is 9.22. The molecule has 0 amide bonds. The van der Waals surface area contributed by atoms with Gasteiger partial charge in [0.15, 0.2) is 11.5 Å². The van der Waals surface area contributed by atoms with Crippen molar-refractivity contribution in [2.24, 2.45) is 0 Å². The van der Waals surface area contributed by atoms with Gasteiger partial charge in [0.2, 0.25) is 0 Å². The minimum atomic E-state index is 0.428. The first kappa shape index (κ1) is 18.4. The van der Waals surface area contributed by atoms with Crippen LogP contribution in [0.25, 0.3) is 16.9 Å². The Bertz CT molecular complexity index is 1140. The number of aryl methyl sites for hydroxylation is 1. The highest BCUT2D eigenvalue weighted by atomic mass is 35.5. The van der Waals surface area contributed by atoms with Crippen LogP contribution in [0.1, 0.15) is 11.1 Å². The summed E-state index contributed by atoms with van der Waals surface area (Å²) in [5.41, 5.74) is 5.25. The van der Waals surface area contributed by atoms with Crippen LogP contribution in [0.3, 0.4) is 0 Å². The van der Waals surface area contributed by atoms with Gasteiger partial charge in [-0.2, -0.15) is 0 Å². The molecule has 0 unspecified atom stereocenters. The summed E-state index contributed by atoms with van der Waals surface area (Å²) in [7, 11) is 7.72. The second-order valence-corrected chi connectivity index (χ2v) is 7.05. The Morgan fingerprint density at radius 2 is 1.82 bits per heavy atom. The smallest absolute Gasteiger partial charge is 0.161 e. The molecule has 0 aliphatic heterocycles. The van der Waals surface area contributed by atoms with Crippen molar-refractivity contribution in [2.45, 2.75) is 13.5 Å². The fourth-order valence-electron chi connectivity index (χ4n) is 3.10. The Kier molecular flexibility index (Phi) is 5.01. The molecule has 0 fully saturated rings. The lowest BCUT2D eigenvalue weighted by molar-refractivity contribution is 0.284. The van der Waals surface area contributed by atoms with E-state index < -0.39 is 0 Å². The third-order valence-corrected chi connectivity index (χ3v) is 4.74. The Morgan fingerprint density at radius 1 is 1.04 bits per heavy atom. The second-order valence-electron chi connectivity index (χ2n) is 6.61. The predicted molar refractivity (Wildman–Crippen MR) is 113 cm³/mol. The number of hydrogen-bond donors (Lipinski definition) is 0. The van der Waals surface area contributed by atoms with Crippen LogP contribution in [0.5, 0.6) is 11.5 Å². The molecule has 0 saturated heterocycles. The molecule has 2 radical (unpaired) electrons. The van der Waals surface area contributed by atoms with Crippen molar-refractivity contribution in [3.63, 3.8) is 0 Å². The van der Waals surface area contributed by atoms with Crippen LogP contribution < -0.4 is 14.9 Å². The molecule has 0 atom stereocenters. The lowest BCUT2D eigenvalue weighted by atomic mass is 9.96. The average molecular weight is 389 g/mol. The number of nitrogens with zero attached hydrogens (tertiary/aromatic N) is 2. The molecule has 0 spiro atoms. The van der Waals surface area contributed by atoms with E-state index in [0.29, 0.717) is 28.6 Å². The fraction of sp³-hybridized carbons (Fsp3) is 0.136. The molecule has 0 N–H and O–H groups in total. The molecule has 6 heteroatoms. The zero-order valence-electron chi connectivity index (χ0n) is 15.6. The number of aromatic nitrogens is 2. The molecule has 0 bridgehead atoms. The van der Waals surface area contributed by atoms with Crippen LogP contribution in [-0.4, -0.2) is 24.3 Å². The summed E-state index contributed by atoms with van der Waals surface area (Å²) in [5, 5.41) is 0.703. The number of pyridine rings is 1. The molecule has 4 aromatic rings. The lowest BCUT2D eigenvalue weighted by Crippen LogP contribution is -2.08. The van der Waals surface area contributed by atoms with Gasteiger partial charge in [0.05, 0.1) is 12.8 Å². The van der Waals surface area contributed by atoms with E-state index in [1.54, 1.807) is 7.11 Å². The van der Waals surface area contributed by atoms with Gasteiger partial charge in [-0.05, 0) is 48.4 Å². The van der Waals surface area contributed by atoms with Crippen molar-refractivity contribution >= 4 is 30.6 Å². The Hall–Kier alpha value is -2.92. The van der Waals surface area contributed by atoms with E-state index in [-0.39, 0.29) is 0 Å². The first-order chi connectivity index (χ1) is 13.5. The number of ether oxygens (including phenoxy) is 2. The molecule has 4 nitrogen and oxygen atoms in total. The first-order valence-electron chi connectivity index (χ1n) is 8.84. The van der Waals surface area contributed by atoms with Gasteiger partial charge >= 0.3 is 0 Å². The highest BCUT2D eigenvalue weighted by molar-refractivity contribution is 6.36. The van der Waals surface area contributed by atoms with Crippen molar-refractivity contribution in [3.05, 3.63) is 77.1 Å². The summed E-state index contributed by atoms with van der Waals surface area (Å²) in [6.07, 6.45) is 3.96. The summed E-state index contributed by atoms with van der Waals surface area (Å²) >= 11 is 5.92. The van der Waals surface area contributed by atoms with Crippen molar-refractivity contribution in [3.8, 4) is 22.8 Å². The number of methoxy groups -OCH3 is 1. The highest BCUT2D eigenvalue weighted by Gasteiger charge is 2.11. The minimum absolute atomic E-state index is 0.428. The summed E-state index contributed by atoms with van der Waals surface area (Å²) in [4.78, 5) is 4.66. The fourth-order valence-corrected chi connectivity index (χ4v) is 3.23. The monoisotopic (exact) mass is 388 g/mol. The van der Waals surface area contributed by atoms with Crippen molar-refractivity contribution < 1.29 is 9.47 Å². The summed E-state index contributed by atoms with van der Waals surface area (Å²) < 4.78 is 13.4. The minimum Gasteiger partial charge on any atom is -0.493 e. The van der Waals surface area contributed by atoms with Crippen molar-refractivity contribution in [1.82, 2.24) is 9.38 Å². The van der Waals surface area contributed by atoms with Crippen LogP contribution in [0.2, 0.25) is 5.02 Å². The molecule has 0 saturated carbocycles. The molecule has 2 heterocycles. The summed E-state index contributed by atoms with van der Waals surface area (Å²) in [6, 6.07) is 15.3. The molecule has 4 rings (SSSR count). The molecule has 2 aromatic heterocycles. The quantitative estimate of drug-likeness (QED) is 0.477. The van der Waals surface area contributed by atoms with Gasteiger partial charge in [-0.1, -0.05) is 35.3 Å². The van der Waals surface area contributed by atoms with E-state index in [2.05, 4.69) is 4.98 Å².